The van der Waals surface area contributed by atoms with E-state index in [2.05, 4.69) is 10.6 Å². The zero-order chi connectivity index (χ0) is 20.3. The quantitative estimate of drug-likeness (QED) is 0.785. The summed E-state index contributed by atoms with van der Waals surface area (Å²) in [6.45, 7) is 4.24. The van der Waals surface area contributed by atoms with Gasteiger partial charge in [0.05, 0.1) is 19.6 Å². The summed E-state index contributed by atoms with van der Waals surface area (Å²) in [6.07, 6.45) is 2.67. The zero-order valence-corrected chi connectivity index (χ0v) is 16.7. The molecule has 152 valence electrons. The highest BCUT2D eigenvalue weighted by molar-refractivity contribution is 5.99. The molecule has 3 rings (SSSR count). The van der Waals surface area contributed by atoms with E-state index >= 15 is 0 Å². The summed E-state index contributed by atoms with van der Waals surface area (Å²) in [7, 11) is 1.59. The Morgan fingerprint density at radius 1 is 1.29 bits per heavy atom. The Labute approximate surface area is 165 Å². The smallest absolute Gasteiger partial charge is 0.324 e. The number of nitrogens with zero attached hydrogens (tertiary/aromatic N) is 1. The molecule has 0 radical (unpaired) electrons. The van der Waals surface area contributed by atoms with E-state index in [4.69, 9.17) is 4.74 Å². The number of hydrogen-bond donors (Lipinski definition) is 2. The molecule has 2 fully saturated rings. The van der Waals surface area contributed by atoms with E-state index in [1.807, 2.05) is 38.1 Å². The number of amides is 4. The van der Waals surface area contributed by atoms with Gasteiger partial charge in [-0.05, 0) is 50.3 Å². The maximum atomic E-state index is 12.9. The van der Waals surface area contributed by atoms with E-state index < -0.39 is 0 Å². The minimum absolute atomic E-state index is 0.0233. The van der Waals surface area contributed by atoms with Crippen LogP contribution in [0.3, 0.4) is 0 Å². The Hall–Kier alpha value is -2.57. The number of hydrogen-bond acceptors (Lipinski definition) is 4. The van der Waals surface area contributed by atoms with Gasteiger partial charge in [0.1, 0.15) is 5.75 Å². The van der Waals surface area contributed by atoms with Gasteiger partial charge in [0.25, 0.3) is 0 Å². The number of urea groups is 1. The molecule has 7 nitrogen and oxygen atoms in total. The second-order valence-electron chi connectivity index (χ2n) is 7.76. The minimum Gasteiger partial charge on any atom is -0.497 e. The highest BCUT2D eigenvalue weighted by Gasteiger charge is 2.45. The lowest BCUT2D eigenvalue weighted by Crippen LogP contribution is -2.61. The first-order valence-corrected chi connectivity index (χ1v) is 9.98. The first-order valence-electron chi connectivity index (χ1n) is 9.98. The third kappa shape index (κ3) is 4.29. The molecule has 1 heterocycles. The van der Waals surface area contributed by atoms with Crippen molar-refractivity contribution >= 4 is 17.8 Å². The molecule has 0 aromatic heterocycles. The summed E-state index contributed by atoms with van der Waals surface area (Å²) in [4.78, 5) is 39.2. The molecule has 1 aromatic rings. The van der Waals surface area contributed by atoms with E-state index in [0.29, 0.717) is 19.3 Å². The molecule has 1 aliphatic carbocycles. The molecule has 0 bridgehead atoms. The summed E-state index contributed by atoms with van der Waals surface area (Å²) in [6, 6.07) is 6.80. The van der Waals surface area contributed by atoms with Crippen LogP contribution in [0.5, 0.6) is 5.75 Å². The summed E-state index contributed by atoms with van der Waals surface area (Å²) < 4.78 is 5.14. The summed E-state index contributed by atoms with van der Waals surface area (Å²) >= 11 is 0. The van der Waals surface area contributed by atoms with Gasteiger partial charge in [0.15, 0.2) is 0 Å². The maximum Gasteiger partial charge on any atom is 0.324 e. The van der Waals surface area contributed by atoms with Crippen molar-refractivity contribution < 1.29 is 19.1 Å². The number of carbonyl (C=O) groups excluding carboxylic acids is 3. The van der Waals surface area contributed by atoms with Crippen LogP contribution in [0.25, 0.3) is 0 Å². The lowest BCUT2D eigenvalue weighted by molar-refractivity contribution is -0.139. The fraction of sp³-hybridized carbons (Fsp3) is 0.571. The predicted molar refractivity (Wildman–Crippen MR) is 105 cm³/mol. The summed E-state index contributed by atoms with van der Waals surface area (Å²) in [5.74, 6) is 0.188. The number of nitrogens with one attached hydrogen (secondary N) is 2. The van der Waals surface area contributed by atoms with E-state index in [1.54, 1.807) is 7.11 Å². The Morgan fingerprint density at radius 3 is 2.64 bits per heavy atom. The molecular formula is C21H29N3O4. The molecule has 2 aliphatic rings. The van der Waals surface area contributed by atoms with Gasteiger partial charge in [0, 0.05) is 18.0 Å². The molecule has 1 aliphatic heterocycles. The molecule has 7 heteroatoms. The number of fused-ring (bicyclic) bond motifs is 1. The van der Waals surface area contributed by atoms with Crippen LogP contribution in [0, 0.1) is 11.8 Å². The Kier molecular flexibility index (Phi) is 6.21. The van der Waals surface area contributed by atoms with Gasteiger partial charge >= 0.3 is 6.03 Å². The van der Waals surface area contributed by atoms with E-state index in [0.717, 1.165) is 17.7 Å². The van der Waals surface area contributed by atoms with Crippen molar-refractivity contribution in [3.8, 4) is 5.75 Å². The molecule has 2 N–H and O–H groups in total. The molecule has 4 unspecified atom stereocenters. The van der Waals surface area contributed by atoms with E-state index in [1.165, 1.54) is 4.90 Å². The standard InChI is InChI=1S/C21H29N3O4/c1-4-13(2)22-19(25)15-7-10-17-18(11-15)23-21(27)24(20(17)26)12-14-5-8-16(28-3)9-6-14/h5-6,8-9,13,15,17-18H,4,7,10-12H2,1-3H3,(H,22,25)(H,23,27). The van der Waals surface area contributed by atoms with Gasteiger partial charge in [-0.15, -0.1) is 0 Å². The van der Waals surface area contributed by atoms with Gasteiger partial charge in [-0.3, -0.25) is 14.5 Å². The summed E-state index contributed by atoms with van der Waals surface area (Å²) in [5.41, 5.74) is 0.865. The van der Waals surface area contributed by atoms with Crippen molar-refractivity contribution in [2.75, 3.05) is 7.11 Å². The first kappa shape index (κ1) is 20.2. The lowest BCUT2D eigenvalue weighted by atomic mass is 9.76. The lowest BCUT2D eigenvalue weighted by Gasteiger charge is -2.42. The SMILES string of the molecule is CCC(C)NC(=O)C1CCC2C(=O)N(Cc3ccc(OC)cc3)C(=O)NC2C1. The van der Waals surface area contributed by atoms with Crippen LogP contribution < -0.4 is 15.4 Å². The van der Waals surface area contributed by atoms with Crippen molar-refractivity contribution in [1.82, 2.24) is 15.5 Å². The van der Waals surface area contributed by atoms with Crippen molar-refractivity contribution in [1.29, 1.82) is 0 Å². The maximum absolute atomic E-state index is 12.9. The van der Waals surface area contributed by atoms with E-state index in [-0.39, 0.29) is 48.3 Å². The minimum atomic E-state index is -0.384. The van der Waals surface area contributed by atoms with Crippen molar-refractivity contribution in [3.63, 3.8) is 0 Å². The summed E-state index contributed by atoms with van der Waals surface area (Å²) in [5, 5.41) is 5.97. The van der Waals surface area contributed by atoms with Crippen molar-refractivity contribution in [2.24, 2.45) is 11.8 Å². The number of ether oxygens (including phenoxy) is 1. The monoisotopic (exact) mass is 387 g/mol. The number of benzene rings is 1. The molecule has 28 heavy (non-hydrogen) atoms. The average molecular weight is 387 g/mol. The van der Waals surface area contributed by atoms with Gasteiger partial charge in [0.2, 0.25) is 11.8 Å². The van der Waals surface area contributed by atoms with Gasteiger partial charge in [-0.1, -0.05) is 19.1 Å². The van der Waals surface area contributed by atoms with Crippen LogP contribution in [-0.4, -0.2) is 41.9 Å². The Bertz CT molecular complexity index is 734. The van der Waals surface area contributed by atoms with Crippen LogP contribution in [-0.2, 0) is 16.1 Å². The third-order valence-electron chi connectivity index (χ3n) is 5.86. The fourth-order valence-electron chi connectivity index (χ4n) is 3.93. The fourth-order valence-corrected chi connectivity index (χ4v) is 3.93. The molecule has 4 amide bonds. The van der Waals surface area contributed by atoms with Crippen molar-refractivity contribution in [2.45, 2.75) is 58.2 Å². The van der Waals surface area contributed by atoms with Crippen LogP contribution in [0.2, 0.25) is 0 Å². The van der Waals surface area contributed by atoms with Crippen LogP contribution in [0.4, 0.5) is 4.79 Å². The topological polar surface area (TPSA) is 87.7 Å². The van der Waals surface area contributed by atoms with E-state index in [9.17, 15) is 14.4 Å². The molecule has 1 aromatic carbocycles. The number of rotatable bonds is 6. The number of imide groups is 1. The second-order valence-corrected chi connectivity index (χ2v) is 7.76. The van der Waals surface area contributed by atoms with Gasteiger partial charge < -0.3 is 15.4 Å². The molecular weight excluding hydrogens is 358 g/mol. The first-order chi connectivity index (χ1) is 13.4. The molecule has 1 saturated heterocycles. The van der Waals surface area contributed by atoms with Gasteiger partial charge in [-0.25, -0.2) is 4.79 Å². The largest absolute Gasteiger partial charge is 0.497 e. The van der Waals surface area contributed by atoms with Crippen LogP contribution in [0.1, 0.15) is 45.1 Å². The second kappa shape index (κ2) is 8.63. The third-order valence-corrected chi connectivity index (χ3v) is 5.86. The molecule has 4 atom stereocenters. The van der Waals surface area contributed by atoms with Crippen molar-refractivity contribution in [3.05, 3.63) is 29.8 Å². The zero-order valence-electron chi connectivity index (χ0n) is 16.7. The highest BCUT2D eigenvalue weighted by atomic mass is 16.5. The molecule has 0 spiro atoms. The predicted octanol–water partition coefficient (Wildman–Crippen LogP) is 2.45. The average Bonchev–Trinajstić information content (AvgIpc) is 2.70. The normalized spacial score (nSPS) is 25.5. The highest BCUT2D eigenvalue weighted by Crippen LogP contribution is 2.33. The van der Waals surface area contributed by atoms with Gasteiger partial charge in [-0.2, -0.15) is 0 Å². The van der Waals surface area contributed by atoms with Crippen LogP contribution >= 0.6 is 0 Å². The number of methoxy groups -OCH3 is 1. The Morgan fingerprint density at radius 2 is 2.00 bits per heavy atom. The molecule has 1 saturated carbocycles. The number of carbonyl (C=O) groups is 3. The van der Waals surface area contributed by atoms with Crippen LogP contribution in [0.15, 0.2) is 24.3 Å². The Balaban J connectivity index is 1.63.